The molecule has 0 bridgehead atoms. The number of ketones is 1. The molecule has 10 heteroatoms. The molecule has 2 aromatic rings. The maximum absolute atomic E-state index is 14.8. The Morgan fingerprint density at radius 1 is 0.944 bits per heavy atom. The summed E-state index contributed by atoms with van der Waals surface area (Å²) in [6, 6.07) is 5.57. The van der Waals surface area contributed by atoms with Crippen molar-refractivity contribution < 1.29 is 33.4 Å². The van der Waals surface area contributed by atoms with Crippen molar-refractivity contribution >= 4 is 50.3 Å². The first-order chi connectivity index (χ1) is 25.3. The molecule has 0 unspecified atom stereocenters. The van der Waals surface area contributed by atoms with Gasteiger partial charge in [-0.05, 0) is 129 Å². The number of hydrogen-bond donors (Lipinski definition) is 1. The van der Waals surface area contributed by atoms with Crippen LogP contribution in [0.3, 0.4) is 0 Å². The van der Waals surface area contributed by atoms with Crippen LogP contribution < -0.4 is 10.1 Å². The number of fused-ring (bicyclic) bond motifs is 8. The molecule has 1 aromatic carbocycles. The third-order valence-electron chi connectivity index (χ3n) is 16.0. The summed E-state index contributed by atoms with van der Waals surface area (Å²) < 4.78 is 18.0. The summed E-state index contributed by atoms with van der Waals surface area (Å²) in [6.07, 6.45) is 9.78. The minimum Gasteiger partial charge on any atom is -0.497 e. The van der Waals surface area contributed by atoms with Gasteiger partial charge in [0.15, 0.2) is 10.9 Å². The molecule has 5 aliphatic rings. The number of carbonyl (C=O) groups excluding carboxylic acids is 4. The number of nitrogens with zero attached hydrogens (tertiary/aromatic N) is 1. The van der Waals surface area contributed by atoms with Crippen LogP contribution in [0.4, 0.5) is 5.13 Å². The number of benzene rings is 1. The van der Waals surface area contributed by atoms with E-state index in [2.05, 4.69) is 58.8 Å². The number of esters is 2. The predicted octanol–water partition coefficient (Wildman–Crippen LogP) is 9.48. The first-order valence-corrected chi connectivity index (χ1v) is 21.0. The number of aromatic nitrogens is 1. The van der Waals surface area contributed by atoms with Crippen molar-refractivity contribution in [2.24, 2.45) is 50.2 Å². The van der Waals surface area contributed by atoms with Gasteiger partial charge in [-0.15, -0.1) is 0 Å². The molecule has 1 N–H and O–H groups in total. The highest BCUT2D eigenvalue weighted by Crippen LogP contribution is 2.75. The fourth-order valence-electron chi connectivity index (χ4n) is 12.6. The van der Waals surface area contributed by atoms with E-state index in [4.69, 9.17) is 14.2 Å². The molecule has 1 amide bonds. The number of hydrogen-bond acceptors (Lipinski definition) is 9. The summed E-state index contributed by atoms with van der Waals surface area (Å²) in [5.41, 5.74) is 0.603. The van der Waals surface area contributed by atoms with Crippen molar-refractivity contribution in [1.29, 1.82) is 0 Å². The summed E-state index contributed by atoms with van der Waals surface area (Å²) in [4.78, 5) is 58.7. The second-order valence-electron chi connectivity index (χ2n) is 19.2. The molecule has 4 saturated carbocycles. The maximum Gasteiger partial charge on any atom is 0.311 e. The largest absolute Gasteiger partial charge is 0.497 e. The van der Waals surface area contributed by atoms with Crippen molar-refractivity contribution in [2.45, 2.75) is 132 Å². The molecular formula is C44H60N2O7S. The summed E-state index contributed by atoms with van der Waals surface area (Å²) in [7, 11) is 1.61. The van der Waals surface area contributed by atoms with Gasteiger partial charge >= 0.3 is 11.9 Å². The zero-order valence-corrected chi connectivity index (χ0v) is 34.6. The van der Waals surface area contributed by atoms with E-state index in [1.807, 2.05) is 31.2 Å². The second kappa shape index (κ2) is 13.4. The van der Waals surface area contributed by atoms with Crippen molar-refractivity contribution in [3.05, 3.63) is 29.8 Å². The Balaban J connectivity index is 1.05. The Bertz CT molecular complexity index is 1900. The van der Waals surface area contributed by atoms with Gasteiger partial charge < -0.3 is 19.5 Å². The number of ether oxygens (including phenoxy) is 3. The quantitative estimate of drug-likeness (QED) is 0.264. The van der Waals surface area contributed by atoms with Crippen LogP contribution in [0.2, 0.25) is 0 Å². The van der Waals surface area contributed by atoms with E-state index in [1.165, 1.54) is 16.9 Å². The van der Waals surface area contributed by atoms with Gasteiger partial charge in [0.25, 0.3) is 0 Å². The zero-order chi connectivity index (χ0) is 39.1. The van der Waals surface area contributed by atoms with Crippen molar-refractivity contribution in [3.8, 4) is 5.75 Å². The highest BCUT2D eigenvalue weighted by Gasteiger charge is 2.70. The molecule has 0 saturated heterocycles. The van der Waals surface area contributed by atoms with Crippen LogP contribution in [0.15, 0.2) is 29.8 Å². The van der Waals surface area contributed by atoms with E-state index in [0.29, 0.717) is 18.2 Å². The summed E-state index contributed by atoms with van der Waals surface area (Å²) >= 11 is 1.36. The topological polar surface area (TPSA) is 121 Å². The second-order valence-corrected chi connectivity index (χ2v) is 20.2. The van der Waals surface area contributed by atoms with Crippen LogP contribution >= 0.6 is 11.3 Å². The maximum atomic E-state index is 14.8. The third kappa shape index (κ3) is 6.03. The van der Waals surface area contributed by atoms with Gasteiger partial charge in [-0.1, -0.05) is 58.5 Å². The normalized spacial score (nSPS) is 38.2. The molecule has 0 radical (unpaired) electrons. The van der Waals surface area contributed by atoms with Gasteiger partial charge in [-0.25, -0.2) is 4.98 Å². The molecule has 54 heavy (non-hydrogen) atoms. The molecule has 0 spiro atoms. The molecule has 0 aliphatic heterocycles. The van der Waals surface area contributed by atoms with Gasteiger partial charge in [0, 0.05) is 17.8 Å². The van der Waals surface area contributed by atoms with Crippen LogP contribution in [-0.4, -0.2) is 48.4 Å². The average Bonchev–Trinajstić information content (AvgIpc) is 3.51. The number of thiazole rings is 1. The lowest BCUT2D eigenvalue weighted by atomic mass is 9.33. The summed E-state index contributed by atoms with van der Waals surface area (Å²) in [5.74, 6) is 0.441. The summed E-state index contributed by atoms with van der Waals surface area (Å²) in [6.45, 7) is 18.3. The monoisotopic (exact) mass is 760 g/mol. The Morgan fingerprint density at radius 3 is 2.41 bits per heavy atom. The zero-order valence-electron chi connectivity index (χ0n) is 33.8. The molecule has 1 aromatic heterocycles. The molecule has 7 rings (SSSR count). The number of rotatable bonds is 8. The highest BCUT2D eigenvalue weighted by molar-refractivity contribution is 7.22. The van der Waals surface area contributed by atoms with E-state index in [0.717, 1.165) is 67.3 Å². The molecule has 9 atom stereocenters. The van der Waals surface area contributed by atoms with Gasteiger partial charge in [-0.3, -0.25) is 19.2 Å². The SMILES string of the molecule is CCOC(=O)[C@@]1(C)CC[C@]2(C)CC[C@]3(C)C(=CC(=O)[C@@H]4[C@@]5(C)CC[C@H](OC(=O)CCC(=O)Nc6nc7ccc(OC)cc7s6)C(C)(C)[C@@H]5CC[C@]43C)[C@@H]2C1. The number of amides is 1. The number of nitrogens with one attached hydrogen (secondary N) is 1. The van der Waals surface area contributed by atoms with E-state index in [1.54, 1.807) is 7.11 Å². The molecule has 5 aliphatic carbocycles. The van der Waals surface area contributed by atoms with Gasteiger partial charge in [0.05, 0.1) is 35.8 Å². The third-order valence-corrected chi connectivity index (χ3v) is 16.9. The Morgan fingerprint density at radius 2 is 1.69 bits per heavy atom. The molecule has 1 heterocycles. The molecule has 4 fully saturated rings. The predicted molar refractivity (Wildman–Crippen MR) is 210 cm³/mol. The molecular weight excluding hydrogens is 701 g/mol. The summed E-state index contributed by atoms with van der Waals surface area (Å²) in [5, 5.41) is 3.32. The van der Waals surface area contributed by atoms with Gasteiger partial charge in [0.2, 0.25) is 5.91 Å². The van der Waals surface area contributed by atoms with Crippen LogP contribution in [0.5, 0.6) is 5.75 Å². The van der Waals surface area contributed by atoms with Crippen molar-refractivity contribution in [3.63, 3.8) is 0 Å². The van der Waals surface area contributed by atoms with Crippen molar-refractivity contribution in [2.75, 3.05) is 19.0 Å². The van der Waals surface area contributed by atoms with Crippen LogP contribution in [0, 0.1) is 50.2 Å². The standard InChI is InChI=1S/C44H60N2O7S/c1-10-52-37(50)41(5)20-19-40(4)21-22-43(7)27(28(40)25-41)24-30(47)36-42(6)17-16-33(39(2,3)32(42)15-18-44(36,43)8)53-35(49)14-13-34(48)46-38-45-29-12-11-26(51-9)23-31(29)54-38/h11-12,23-24,28,32-33,36H,10,13-22,25H2,1-9H3,(H,45,46,48)/t28-,32-,33-,36+,40+,41-,42-,43+,44+/m0/s1. The Kier molecular flexibility index (Phi) is 9.70. The van der Waals surface area contributed by atoms with Gasteiger partial charge in [-0.2, -0.15) is 0 Å². The van der Waals surface area contributed by atoms with Crippen LogP contribution in [-0.2, 0) is 28.7 Å². The van der Waals surface area contributed by atoms with Crippen LogP contribution in [0.1, 0.15) is 126 Å². The first-order valence-electron chi connectivity index (χ1n) is 20.2. The number of anilines is 1. The van der Waals surface area contributed by atoms with Gasteiger partial charge in [0.1, 0.15) is 11.9 Å². The number of methoxy groups -OCH3 is 1. The Labute approximate surface area is 324 Å². The van der Waals surface area contributed by atoms with E-state index in [9.17, 15) is 19.2 Å². The lowest BCUT2D eigenvalue weighted by Gasteiger charge is -2.70. The molecule has 9 nitrogen and oxygen atoms in total. The van der Waals surface area contributed by atoms with E-state index >= 15 is 0 Å². The smallest absolute Gasteiger partial charge is 0.311 e. The Hall–Kier alpha value is -3.27. The van der Waals surface area contributed by atoms with E-state index < -0.39 is 5.41 Å². The highest BCUT2D eigenvalue weighted by atomic mass is 32.1. The lowest BCUT2D eigenvalue weighted by Crippen LogP contribution is -2.66. The lowest BCUT2D eigenvalue weighted by molar-refractivity contribution is -0.211. The van der Waals surface area contributed by atoms with Crippen molar-refractivity contribution in [1.82, 2.24) is 4.98 Å². The minimum atomic E-state index is -0.543. The number of carbonyl (C=O) groups is 4. The number of allylic oxidation sites excluding steroid dienone is 2. The fourth-order valence-corrected chi connectivity index (χ4v) is 13.5. The van der Waals surface area contributed by atoms with E-state index in [-0.39, 0.29) is 87.4 Å². The van der Waals surface area contributed by atoms with Crippen LogP contribution in [0.25, 0.3) is 10.2 Å². The fraction of sp³-hybridized carbons (Fsp3) is 0.705. The minimum absolute atomic E-state index is 0.00747. The average molecular weight is 761 g/mol. The molecule has 294 valence electrons. The first kappa shape index (κ1) is 39.0.